The highest BCUT2D eigenvalue weighted by Crippen LogP contribution is 2.38. The summed E-state index contributed by atoms with van der Waals surface area (Å²) in [5, 5.41) is 0. The fraction of sp³-hybridized carbons (Fsp3) is 0.357. The molecule has 0 saturated heterocycles. The number of hydrogen-bond donors (Lipinski definition) is 3. The van der Waals surface area contributed by atoms with E-state index in [-0.39, 0.29) is 10.8 Å². The van der Waals surface area contributed by atoms with Crippen molar-refractivity contribution in [3.05, 3.63) is 89.0 Å². The lowest BCUT2D eigenvalue weighted by atomic mass is 9.70. The van der Waals surface area contributed by atoms with E-state index in [1.807, 2.05) is 24.3 Å². The predicted molar refractivity (Wildman–Crippen MR) is 135 cm³/mol. The van der Waals surface area contributed by atoms with Crippen molar-refractivity contribution < 1.29 is 0 Å². The summed E-state index contributed by atoms with van der Waals surface area (Å²) in [7, 11) is 0. The summed E-state index contributed by atoms with van der Waals surface area (Å²) in [4.78, 5) is 0. The maximum Gasteiger partial charge on any atom is 0.0347 e. The van der Waals surface area contributed by atoms with Crippen molar-refractivity contribution in [3.63, 3.8) is 0 Å². The summed E-state index contributed by atoms with van der Waals surface area (Å²) in [6, 6.07) is 23.1. The first-order chi connectivity index (χ1) is 14.7. The van der Waals surface area contributed by atoms with Crippen LogP contribution in [-0.2, 0) is 23.7 Å². The molecule has 0 amide bonds. The van der Waals surface area contributed by atoms with Crippen LogP contribution in [0.15, 0.2) is 66.7 Å². The van der Waals surface area contributed by atoms with E-state index in [2.05, 4.69) is 70.2 Å². The Balaban J connectivity index is 1.93. The molecule has 0 spiro atoms. The zero-order valence-electron chi connectivity index (χ0n) is 19.4. The molecule has 0 aliphatic heterocycles. The molecule has 0 atom stereocenters. The lowest BCUT2D eigenvalue weighted by Crippen LogP contribution is -2.28. The van der Waals surface area contributed by atoms with Gasteiger partial charge in [0.15, 0.2) is 0 Å². The van der Waals surface area contributed by atoms with Crippen molar-refractivity contribution in [2.24, 2.45) is 0 Å². The lowest BCUT2D eigenvalue weighted by Gasteiger charge is -2.34. The SMILES string of the molecule is CCC(CC)(Cc1cc(C(C)(C)Cc2ccc(N)cc2)ccc1N)c1ccc(N)cc1. The quantitative estimate of drug-likeness (QED) is 0.380. The van der Waals surface area contributed by atoms with Crippen LogP contribution in [0.2, 0.25) is 0 Å². The number of anilines is 3. The van der Waals surface area contributed by atoms with E-state index in [0.29, 0.717) is 0 Å². The molecule has 0 fully saturated rings. The van der Waals surface area contributed by atoms with Crippen molar-refractivity contribution in [1.29, 1.82) is 0 Å². The molecule has 6 N–H and O–H groups in total. The van der Waals surface area contributed by atoms with Crippen molar-refractivity contribution >= 4 is 17.1 Å². The fourth-order valence-corrected chi connectivity index (χ4v) is 4.64. The highest BCUT2D eigenvalue weighted by Gasteiger charge is 2.30. The number of benzene rings is 3. The van der Waals surface area contributed by atoms with E-state index in [1.54, 1.807) is 0 Å². The van der Waals surface area contributed by atoms with Crippen molar-refractivity contribution in [2.75, 3.05) is 17.2 Å². The summed E-state index contributed by atoms with van der Waals surface area (Å²) in [5.74, 6) is 0. The van der Waals surface area contributed by atoms with Gasteiger partial charge in [-0.1, -0.05) is 64.1 Å². The normalized spacial score (nSPS) is 12.1. The van der Waals surface area contributed by atoms with Crippen molar-refractivity contribution in [2.45, 2.75) is 64.2 Å². The summed E-state index contributed by atoms with van der Waals surface area (Å²) in [6.45, 7) is 9.13. The third kappa shape index (κ3) is 5.04. The third-order valence-corrected chi connectivity index (χ3v) is 6.96. The number of hydrogen-bond acceptors (Lipinski definition) is 3. The molecule has 31 heavy (non-hydrogen) atoms. The Hall–Kier alpha value is -2.94. The zero-order chi connectivity index (χ0) is 22.6. The Morgan fingerprint density at radius 2 is 1.16 bits per heavy atom. The molecule has 3 aromatic rings. The molecular formula is C28H37N3. The predicted octanol–water partition coefficient (Wildman–Crippen LogP) is 6.25. The first kappa shape index (κ1) is 22.7. The van der Waals surface area contributed by atoms with Gasteiger partial charge in [0.2, 0.25) is 0 Å². The van der Waals surface area contributed by atoms with Crippen LogP contribution < -0.4 is 17.2 Å². The summed E-state index contributed by atoms with van der Waals surface area (Å²) >= 11 is 0. The topological polar surface area (TPSA) is 78.1 Å². The molecular weight excluding hydrogens is 378 g/mol. The smallest absolute Gasteiger partial charge is 0.0347 e. The molecule has 0 saturated carbocycles. The van der Waals surface area contributed by atoms with Gasteiger partial charge in [0.1, 0.15) is 0 Å². The second kappa shape index (κ2) is 9.05. The van der Waals surface area contributed by atoms with Crippen molar-refractivity contribution in [3.8, 4) is 0 Å². The third-order valence-electron chi connectivity index (χ3n) is 6.96. The summed E-state index contributed by atoms with van der Waals surface area (Å²) < 4.78 is 0. The Bertz CT molecular complexity index is 997. The first-order valence-corrected chi connectivity index (χ1v) is 11.3. The molecule has 0 aliphatic rings. The molecule has 0 aliphatic carbocycles. The van der Waals surface area contributed by atoms with Crippen LogP contribution in [0.4, 0.5) is 17.1 Å². The summed E-state index contributed by atoms with van der Waals surface area (Å²) in [6.07, 6.45) is 3.96. The fourth-order valence-electron chi connectivity index (χ4n) is 4.64. The molecule has 0 radical (unpaired) electrons. The average molecular weight is 416 g/mol. The highest BCUT2D eigenvalue weighted by molar-refractivity contribution is 5.52. The van der Waals surface area contributed by atoms with Gasteiger partial charge in [-0.25, -0.2) is 0 Å². The van der Waals surface area contributed by atoms with Crippen LogP contribution in [0.3, 0.4) is 0 Å². The van der Waals surface area contributed by atoms with Crippen LogP contribution in [0.25, 0.3) is 0 Å². The monoisotopic (exact) mass is 415 g/mol. The van der Waals surface area contributed by atoms with Gasteiger partial charge in [-0.15, -0.1) is 0 Å². The largest absolute Gasteiger partial charge is 0.399 e. The lowest BCUT2D eigenvalue weighted by molar-refractivity contribution is 0.392. The molecule has 164 valence electrons. The van der Waals surface area contributed by atoms with E-state index in [0.717, 1.165) is 42.7 Å². The minimum Gasteiger partial charge on any atom is -0.399 e. The van der Waals surface area contributed by atoms with E-state index < -0.39 is 0 Å². The van der Waals surface area contributed by atoms with Gasteiger partial charge < -0.3 is 17.2 Å². The number of rotatable bonds is 8. The highest BCUT2D eigenvalue weighted by atomic mass is 14.6. The Morgan fingerprint density at radius 1 is 0.645 bits per heavy atom. The second-order valence-corrected chi connectivity index (χ2v) is 9.50. The maximum atomic E-state index is 6.49. The van der Waals surface area contributed by atoms with Gasteiger partial charge in [-0.2, -0.15) is 0 Å². The van der Waals surface area contributed by atoms with Gasteiger partial charge in [0, 0.05) is 17.1 Å². The van der Waals surface area contributed by atoms with Gasteiger partial charge in [0.25, 0.3) is 0 Å². The molecule has 0 heterocycles. The molecule has 3 aromatic carbocycles. The maximum absolute atomic E-state index is 6.49. The van der Waals surface area contributed by atoms with E-state index in [4.69, 9.17) is 17.2 Å². The average Bonchev–Trinajstić information content (AvgIpc) is 2.75. The van der Waals surface area contributed by atoms with Gasteiger partial charge in [-0.3, -0.25) is 0 Å². The standard InChI is InChI=1S/C28H37N3/c1-5-28(6-2,22-9-14-25(30)15-10-22)19-21-17-23(11-16-26(21)31)27(3,4)18-20-7-12-24(29)13-8-20/h7-17H,5-6,18-19,29-31H2,1-4H3. The van der Waals surface area contributed by atoms with Gasteiger partial charge >= 0.3 is 0 Å². The Morgan fingerprint density at radius 3 is 1.71 bits per heavy atom. The molecule has 0 aromatic heterocycles. The van der Waals surface area contributed by atoms with Crippen LogP contribution in [0.5, 0.6) is 0 Å². The number of nitrogen functional groups attached to an aromatic ring is 3. The van der Waals surface area contributed by atoms with Crippen LogP contribution in [-0.4, -0.2) is 0 Å². The molecule has 3 rings (SSSR count). The minimum absolute atomic E-state index is 0.0130. The van der Waals surface area contributed by atoms with Crippen LogP contribution >= 0.6 is 0 Å². The second-order valence-electron chi connectivity index (χ2n) is 9.50. The Labute approximate surface area is 187 Å². The molecule has 3 heteroatoms. The molecule has 0 unspecified atom stereocenters. The van der Waals surface area contributed by atoms with Crippen LogP contribution in [0, 0.1) is 0 Å². The van der Waals surface area contributed by atoms with Gasteiger partial charge in [-0.05, 0) is 89.1 Å². The minimum atomic E-state index is -0.0130. The first-order valence-electron chi connectivity index (χ1n) is 11.3. The van der Waals surface area contributed by atoms with Gasteiger partial charge in [0.05, 0.1) is 0 Å². The summed E-state index contributed by atoms with van der Waals surface area (Å²) in [5.41, 5.74) is 25.9. The molecule has 0 bridgehead atoms. The molecule has 3 nitrogen and oxygen atoms in total. The van der Waals surface area contributed by atoms with E-state index in [1.165, 1.54) is 22.3 Å². The Kier molecular flexibility index (Phi) is 6.64. The van der Waals surface area contributed by atoms with Crippen LogP contribution in [0.1, 0.15) is 62.8 Å². The van der Waals surface area contributed by atoms with Crippen molar-refractivity contribution in [1.82, 2.24) is 0 Å². The number of nitrogens with two attached hydrogens (primary N) is 3. The van der Waals surface area contributed by atoms with E-state index >= 15 is 0 Å². The van der Waals surface area contributed by atoms with E-state index in [9.17, 15) is 0 Å². The zero-order valence-corrected chi connectivity index (χ0v) is 19.4.